The van der Waals surface area contributed by atoms with Crippen molar-refractivity contribution in [3.63, 3.8) is 0 Å². The highest BCUT2D eigenvalue weighted by Gasteiger charge is 2.20. The fraction of sp³-hybridized carbons (Fsp3) is 0.211. The van der Waals surface area contributed by atoms with Gasteiger partial charge in [-0.25, -0.2) is 4.39 Å². The summed E-state index contributed by atoms with van der Waals surface area (Å²) < 4.78 is 13.2. The van der Waals surface area contributed by atoms with E-state index in [1.807, 2.05) is 0 Å². The van der Waals surface area contributed by atoms with Crippen molar-refractivity contribution in [3.05, 3.63) is 65.0 Å². The number of Topliss-reactive ketones (excluding diaryl/α,β-unsaturated/α-hetero) is 1. The van der Waals surface area contributed by atoms with Gasteiger partial charge >= 0.3 is 0 Å². The summed E-state index contributed by atoms with van der Waals surface area (Å²) in [6, 6.07) is 10.2. The lowest BCUT2D eigenvalue weighted by molar-refractivity contribution is -0.116. The predicted molar refractivity (Wildman–Crippen MR) is 92.8 cm³/mol. The molecule has 1 atom stereocenters. The van der Waals surface area contributed by atoms with Crippen LogP contribution in [0.5, 0.6) is 0 Å². The summed E-state index contributed by atoms with van der Waals surface area (Å²) >= 11 is 0. The molecular weight excluding hydrogens is 323 g/mol. The maximum atomic E-state index is 13.2. The lowest BCUT2D eigenvalue weighted by atomic mass is 9.96. The molecule has 2 aromatic rings. The highest BCUT2D eigenvalue weighted by Crippen LogP contribution is 2.20. The van der Waals surface area contributed by atoms with Crippen LogP contribution >= 0.6 is 0 Å². The van der Waals surface area contributed by atoms with E-state index in [9.17, 15) is 18.8 Å². The van der Waals surface area contributed by atoms with Gasteiger partial charge in [-0.3, -0.25) is 14.4 Å². The first-order chi connectivity index (χ1) is 11.8. The quantitative estimate of drug-likeness (QED) is 0.791. The third-order valence-corrected chi connectivity index (χ3v) is 3.92. The molecule has 0 aromatic heterocycles. The number of rotatable bonds is 6. The summed E-state index contributed by atoms with van der Waals surface area (Å²) in [6.45, 7) is 3.29. The van der Waals surface area contributed by atoms with Gasteiger partial charge in [0.1, 0.15) is 5.82 Å². The van der Waals surface area contributed by atoms with Gasteiger partial charge in [-0.05, 0) is 36.8 Å². The van der Waals surface area contributed by atoms with Crippen LogP contribution < -0.4 is 11.1 Å². The SMILES string of the molecule is Cc1c(NC(=O)C[C@@H](C)C(=O)c2cccc(F)c2)cccc1C(N)=O. The molecule has 0 saturated carbocycles. The first-order valence-electron chi connectivity index (χ1n) is 7.78. The first kappa shape index (κ1) is 18.3. The van der Waals surface area contributed by atoms with Crippen LogP contribution in [0.15, 0.2) is 42.5 Å². The minimum atomic E-state index is -0.610. The predicted octanol–water partition coefficient (Wildman–Crippen LogP) is 3.08. The number of halogens is 1. The molecule has 6 heteroatoms. The molecule has 2 rings (SSSR count). The first-order valence-corrected chi connectivity index (χ1v) is 7.78. The number of carbonyl (C=O) groups excluding carboxylic acids is 3. The average Bonchev–Trinajstić information content (AvgIpc) is 2.55. The van der Waals surface area contributed by atoms with Crippen LogP contribution in [0.3, 0.4) is 0 Å². The van der Waals surface area contributed by atoms with Crippen molar-refractivity contribution in [3.8, 4) is 0 Å². The molecule has 0 radical (unpaired) electrons. The van der Waals surface area contributed by atoms with Crippen LogP contribution in [0.25, 0.3) is 0 Å². The largest absolute Gasteiger partial charge is 0.366 e. The normalized spacial score (nSPS) is 11.6. The van der Waals surface area contributed by atoms with E-state index in [2.05, 4.69) is 5.32 Å². The third-order valence-electron chi connectivity index (χ3n) is 3.92. The van der Waals surface area contributed by atoms with Crippen molar-refractivity contribution in [2.24, 2.45) is 11.7 Å². The van der Waals surface area contributed by atoms with Crippen molar-refractivity contribution in [1.82, 2.24) is 0 Å². The average molecular weight is 342 g/mol. The lowest BCUT2D eigenvalue weighted by Crippen LogP contribution is -2.21. The van der Waals surface area contributed by atoms with Crippen LogP contribution in [0.2, 0.25) is 0 Å². The number of hydrogen-bond acceptors (Lipinski definition) is 3. The molecule has 0 spiro atoms. The number of ketones is 1. The van der Waals surface area contributed by atoms with E-state index >= 15 is 0 Å². The van der Waals surface area contributed by atoms with E-state index in [1.165, 1.54) is 18.2 Å². The zero-order chi connectivity index (χ0) is 18.6. The van der Waals surface area contributed by atoms with E-state index in [1.54, 1.807) is 32.0 Å². The number of carbonyl (C=O) groups is 3. The van der Waals surface area contributed by atoms with Crippen molar-refractivity contribution >= 4 is 23.3 Å². The zero-order valence-electron chi connectivity index (χ0n) is 14.0. The summed E-state index contributed by atoms with van der Waals surface area (Å²) in [5.74, 6) is -2.37. The number of nitrogens with two attached hydrogens (primary N) is 1. The summed E-state index contributed by atoms with van der Waals surface area (Å²) in [5.41, 5.74) is 6.86. The monoisotopic (exact) mass is 342 g/mol. The van der Waals surface area contributed by atoms with Gasteiger partial charge in [0.15, 0.2) is 5.78 Å². The molecule has 0 aliphatic carbocycles. The highest BCUT2D eigenvalue weighted by atomic mass is 19.1. The Labute approximate surface area is 145 Å². The van der Waals surface area contributed by atoms with Crippen LogP contribution in [0.1, 0.15) is 39.6 Å². The molecule has 0 heterocycles. The molecule has 0 aliphatic rings. The van der Waals surface area contributed by atoms with Gasteiger partial charge in [-0.15, -0.1) is 0 Å². The van der Waals surface area contributed by atoms with Gasteiger partial charge in [0.2, 0.25) is 11.8 Å². The second-order valence-electron chi connectivity index (χ2n) is 5.87. The van der Waals surface area contributed by atoms with Crippen molar-refractivity contribution in [2.45, 2.75) is 20.3 Å². The maximum Gasteiger partial charge on any atom is 0.249 e. The Morgan fingerprint density at radius 1 is 1.16 bits per heavy atom. The fourth-order valence-electron chi connectivity index (χ4n) is 2.54. The molecule has 0 saturated heterocycles. The number of amides is 2. The van der Waals surface area contributed by atoms with Gasteiger partial charge in [-0.1, -0.05) is 25.1 Å². The van der Waals surface area contributed by atoms with E-state index in [0.717, 1.165) is 6.07 Å². The van der Waals surface area contributed by atoms with Gasteiger partial charge < -0.3 is 11.1 Å². The second-order valence-corrected chi connectivity index (χ2v) is 5.87. The van der Waals surface area contributed by atoms with Gasteiger partial charge in [0.25, 0.3) is 0 Å². The Bertz CT molecular complexity index is 833. The molecule has 0 bridgehead atoms. The zero-order valence-corrected chi connectivity index (χ0v) is 14.0. The van der Waals surface area contributed by atoms with Crippen LogP contribution in [-0.4, -0.2) is 17.6 Å². The Morgan fingerprint density at radius 3 is 2.48 bits per heavy atom. The molecule has 0 fully saturated rings. The third kappa shape index (κ3) is 4.50. The van der Waals surface area contributed by atoms with Crippen LogP contribution in [-0.2, 0) is 4.79 Å². The molecule has 0 aliphatic heterocycles. The molecule has 130 valence electrons. The number of anilines is 1. The fourth-order valence-corrected chi connectivity index (χ4v) is 2.54. The molecule has 5 nitrogen and oxygen atoms in total. The minimum Gasteiger partial charge on any atom is -0.366 e. The maximum absolute atomic E-state index is 13.2. The van der Waals surface area contributed by atoms with Crippen molar-refractivity contribution in [1.29, 1.82) is 0 Å². The Morgan fingerprint density at radius 2 is 1.84 bits per heavy atom. The van der Waals surface area contributed by atoms with E-state index in [0.29, 0.717) is 16.8 Å². The lowest BCUT2D eigenvalue weighted by Gasteiger charge is -2.13. The molecule has 2 amide bonds. The van der Waals surface area contributed by atoms with Gasteiger partial charge in [0, 0.05) is 29.2 Å². The summed E-state index contributed by atoms with van der Waals surface area (Å²) in [6.07, 6.45) is -0.0599. The summed E-state index contributed by atoms with van der Waals surface area (Å²) in [7, 11) is 0. The number of hydrogen-bond donors (Lipinski definition) is 2. The van der Waals surface area contributed by atoms with E-state index in [-0.39, 0.29) is 23.7 Å². The minimum absolute atomic E-state index is 0.0599. The number of nitrogens with one attached hydrogen (secondary N) is 1. The molecular formula is C19H19FN2O3. The Hall–Kier alpha value is -3.02. The van der Waals surface area contributed by atoms with Gasteiger partial charge in [-0.2, -0.15) is 0 Å². The van der Waals surface area contributed by atoms with Crippen LogP contribution in [0.4, 0.5) is 10.1 Å². The standard InChI is InChI=1S/C19H19FN2O3/c1-11(18(24)13-5-3-6-14(20)10-13)9-17(23)22-16-8-4-7-15(12(16)2)19(21)25/h3-8,10-11H,9H2,1-2H3,(H2,21,25)(H,22,23)/t11-/m1/s1. The summed E-state index contributed by atoms with van der Waals surface area (Å²) in [4.78, 5) is 35.8. The Balaban J connectivity index is 2.06. The smallest absolute Gasteiger partial charge is 0.249 e. The van der Waals surface area contributed by atoms with Crippen molar-refractivity contribution in [2.75, 3.05) is 5.32 Å². The van der Waals surface area contributed by atoms with E-state index < -0.39 is 17.6 Å². The number of benzene rings is 2. The Kier molecular flexibility index (Phi) is 5.64. The topological polar surface area (TPSA) is 89.3 Å². The molecule has 25 heavy (non-hydrogen) atoms. The molecule has 3 N–H and O–H groups in total. The van der Waals surface area contributed by atoms with Crippen LogP contribution in [0, 0.1) is 18.7 Å². The summed E-state index contributed by atoms with van der Waals surface area (Å²) in [5, 5.41) is 2.68. The molecule has 2 aromatic carbocycles. The van der Waals surface area contributed by atoms with Crippen molar-refractivity contribution < 1.29 is 18.8 Å². The second kappa shape index (κ2) is 7.70. The molecule has 0 unspecified atom stereocenters. The van der Waals surface area contributed by atoms with E-state index in [4.69, 9.17) is 5.73 Å². The van der Waals surface area contributed by atoms with Gasteiger partial charge in [0.05, 0.1) is 0 Å². The highest BCUT2D eigenvalue weighted by molar-refractivity contribution is 6.02. The number of primary amides is 1.